The number of hydrogen-bond acceptors (Lipinski definition) is 4. The van der Waals surface area contributed by atoms with E-state index in [-0.39, 0.29) is 13.0 Å². The molecule has 7 nitrogen and oxygen atoms in total. The second-order valence-electron chi connectivity index (χ2n) is 6.83. The lowest BCUT2D eigenvalue weighted by Crippen LogP contribution is -2.37. The van der Waals surface area contributed by atoms with E-state index in [9.17, 15) is 18.8 Å². The molecule has 2 N–H and O–H groups in total. The van der Waals surface area contributed by atoms with Crippen molar-refractivity contribution in [2.45, 2.75) is 12.8 Å². The second kappa shape index (κ2) is 9.69. The molecule has 1 heterocycles. The quantitative estimate of drug-likeness (QED) is 0.558. The Morgan fingerprint density at radius 1 is 1.10 bits per heavy atom. The molecule has 0 aliphatic carbocycles. The van der Waals surface area contributed by atoms with Gasteiger partial charge in [0.05, 0.1) is 6.54 Å². The number of rotatable bonds is 8. The Balaban J connectivity index is 1.40. The summed E-state index contributed by atoms with van der Waals surface area (Å²) in [6, 6.07) is 13.1. The highest BCUT2D eigenvalue weighted by Crippen LogP contribution is 2.19. The van der Waals surface area contributed by atoms with Crippen molar-refractivity contribution in [3.8, 4) is 0 Å². The SMILES string of the molecule is CN(CC(=O)Nc1ccc(F)cc1)C(=O)COC(=O)CCc1c[nH]c2ccccc12. The maximum atomic E-state index is 12.9. The fraction of sp³-hybridized carbons (Fsp3) is 0.227. The molecule has 0 spiro atoms. The van der Waals surface area contributed by atoms with Gasteiger partial charge in [-0.1, -0.05) is 18.2 Å². The first kappa shape index (κ1) is 21.0. The van der Waals surface area contributed by atoms with Crippen LogP contribution in [0.5, 0.6) is 0 Å². The molecular formula is C22H22FN3O4. The highest BCUT2D eigenvalue weighted by molar-refractivity contribution is 5.94. The number of ether oxygens (including phenoxy) is 1. The number of para-hydroxylation sites is 1. The third-order valence-corrected chi connectivity index (χ3v) is 4.56. The lowest BCUT2D eigenvalue weighted by molar-refractivity contribution is -0.151. The van der Waals surface area contributed by atoms with Crippen molar-refractivity contribution in [3.05, 3.63) is 66.1 Å². The third kappa shape index (κ3) is 5.66. The Kier molecular flexibility index (Phi) is 6.79. The number of esters is 1. The van der Waals surface area contributed by atoms with E-state index in [1.54, 1.807) is 0 Å². The first-order chi connectivity index (χ1) is 14.4. The first-order valence-corrected chi connectivity index (χ1v) is 9.42. The van der Waals surface area contributed by atoms with Crippen molar-refractivity contribution in [1.29, 1.82) is 0 Å². The van der Waals surface area contributed by atoms with Crippen molar-refractivity contribution >= 4 is 34.4 Å². The maximum absolute atomic E-state index is 12.9. The molecule has 3 aromatic rings. The number of hydrogen-bond donors (Lipinski definition) is 2. The number of anilines is 1. The van der Waals surface area contributed by atoms with Crippen LogP contribution in [0.25, 0.3) is 10.9 Å². The summed E-state index contributed by atoms with van der Waals surface area (Å²) < 4.78 is 17.9. The highest BCUT2D eigenvalue weighted by atomic mass is 19.1. The standard InChI is InChI=1S/C22H22FN3O4/c1-26(13-20(27)25-17-9-7-16(23)8-10-17)21(28)14-30-22(29)11-6-15-12-24-19-5-3-2-4-18(15)19/h2-5,7-10,12,24H,6,11,13-14H2,1H3,(H,25,27). The first-order valence-electron chi connectivity index (χ1n) is 9.42. The molecule has 0 aliphatic heterocycles. The third-order valence-electron chi connectivity index (χ3n) is 4.56. The van der Waals surface area contributed by atoms with Crippen molar-refractivity contribution in [2.24, 2.45) is 0 Å². The van der Waals surface area contributed by atoms with Gasteiger partial charge in [-0.05, 0) is 42.3 Å². The van der Waals surface area contributed by atoms with Crippen LogP contribution in [0.3, 0.4) is 0 Å². The van der Waals surface area contributed by atoms with Crippen LogP contribution in [-0.2, 0) is 25.5 Å². The number of halogens is 1. The van der Waals surface area contributed by atoms with Gasteiger partial charge in [-0.3, -0.25) is 14.4 Å². The van der Waals surface area contributed by atoms with Gasteiger partial charge in [0.15, 0.2) is 6.61 Å². The van der Waals surface area contributed by atoms with E-state index < -0.39 is 30.2 Å². The molecule has 1 aromatic heterocycles. The summed E-state index contributed by atoms with van der Waals surface area (Å²) >= 11 is 0. The minimum absolute atomic E-state index is 0.143. The summed E-state index contributed by atoms with van der Waals surface area (Å²) in [6.45, 7) is -0.657. The number of nitrogens with one attached hydrogen (secondary N) is 2. The molecule has 8 heteroatoms. The van der Waals surface area contributed by atoms with Gasteiger partial charge >= 0.3 is 5.97 Å². The van der Waals surface area contributed by atoms with Crippen LogP contribution in [0, 0.1) is 5.82 Å². The molecule has 0 radical (unpaired) electrons. The maximum Gasteiger partial charge on any atom is 0.306 e. The molecule has 156 valence electrons. The topological polar surface area (TPSA) is 91.5 Å². The van der Waals surface area contributed by atoms with E-state index in [1.165, 1.54) is 31.3 Å². The zero-order valence-corrected chi connectivity index (χ0v) is 16.5. The van der Waals surface area contributed by atoms with Gasteiger partial charge in [0.2, 0.25) is 5.91 Å². The highest BCUT2D eigenvalue weighted by Gasteiger charge is 2.16. The minimum Gasteiger partial charge on any atom is -0.456 e. The number of H-pyrrole nitrogens is 1. The number of amides is 2. The van der Waals surface area contributed by atoms with Crippen LogP contribution in [0.1, 0.15) is 12.0 Å². The number of likely N-dealkylation sites (N-methyl/N-ethyl adjacent to an activating group) is 1. The number of carbonyl (C=O) groups is 3. The largest absolute Gasteiger partial charge is 0.456 e. The van der Waals surface area contributed by atoms with Gasteiger partial charge in [0.1, 0.15) is 5.82 Å². The van der Waals surface area contributed by atoms with Crippen LogP contribution >= 0.6 is 0 Å². The van der Waals surface area contributed by atoms with Crippen molar-refractivity contribution < 1.29 is 23.5 Å². The number of aromatic amines is 1. The predicted molar refractivity (Wildman–Crippen MR) is 110 cm³/mol. The number of benzene rings is 2. The Morgan fingerprint density at radius 2 is 1.83 bits per heavy atom. The molecule has 0 saturated heterocycles. The predicted octanol–water partition coefficient (Wildman–Crippen LogP) is 2.88. The van der Waals surface area contributed by atoms with E-state index in [1.807, 2.05) is 30.5 Å². The van der Waals surface area contributed by atoms with Gasteiger partial charge in [0, 0.05) is 36.3 Å². The summed E-state index contributed by atoms with van der Waals surface area (Å²) in [6.07, 6.45) is 2.49. The molecular weight excluding hydrogens is 389 g/mol. The van der Waals surface area contributed by atoms with E-state index in [0.717, 1.165) is 21.4 Å². The monoisotopic (exact) mass is 411 g/mol. The zero-order valence-electron chi connectivity index (χ0n) is 16.5. The molecule has 2 aromatic carbocycles. The molecule has 0 fully saturated rings. The van der Waals surface area contributed by atoms with E-state index in [4.69, 9.17) is 4.74 Å². The van der Waals surface area contributed by atoms with Gasteiger partial charge in [-0.2, -0.15) is 0 Å². The van der Waals surface area contributed by atoms with Gasteiger partial charge < -0.3 is 19.9 Å². The summed E-state index contributed by atoms with van der Waals surface area (Å²) in [7, 11) is 1.44. The Hall–Kier alpha value is -3.68. The number of aromatic nitrogens is 1. The normalized spacial score (nSPS) is 10.6. The van der Waals surface area contributed by atoms with Crippen molar-refractivity contribution in [3.63, 3.8) is 0 Å². The summed E-state index contributed by atoms with van der Waals surface area (Å²) in [4.78, 5) is 40.4. The number of fused-ring (bicyclic) bond motifs is 1. The number of carbonyl (C=O) groups excluding carboxylic acids is 3. The molecule has 0 saturated carbocycles. The van der Waals surface area contributed by atoms with Crippen molar-refractivity contribution in [2.75, 3.05) is 25.5 Å². The molecule has 0 bridgehead atoms. The van der Waals surface area contributed by atoms with E-state index in [2.05, 4.69) is 10.3 Å². The molecule has 30 heavy (non-hydrogen) atoms. The van der Waals surface area contributed by atoms with Gasteiger partial charge in [-0.25, -0.2) is 4.39 Å². The lowest BCUT2D eigenvalue weighted by Gasteiger charge is -2.16. The van der Waals surface area contributed by atoms with Crippen LogP contribution in [-0.4, -0.2) is 47.9 Å². The van der Waals surface area contributed by atoms with E-state index in [0.29, 0.717) is 12.1 Å². The lowest BCUT2D eigenvalue weighted by atomic mass is 10.1. The number of aryl methyl sites for hydroxylation is 1. The van der Waals surface area contributed by atoms with Crippen LogP contribution in [0.15, 0.2) is 54.7 Å². The molecule has 2 amide bonds. The molecule has 3 rings (SSSR count). The second-order valence-corrected chi connectivity index (χ2v) is 6.83. The van der Waals surface area contributed by atoms with Crippen LogP contribution < -0.4 is 5.32 Å². The van der Waals surface area contributed by atoms with Crippen LogP contribution in [0.4, 0.5) is 10.1 Å². The molecule has 0 aliphatic rings. The van der Waals surface area contributed by atoms with Gasteiger partial charge in [-0.15, -0.1) is 0 Å². The van der Waals surface area contributed by atoms with Gasteiger partial charge in [0.25, 0.3) is 5.91 Å². The Bertz CT molecular complexity index is 1050. The summed E-state index contributed by atoms with van der Waals surface area (Å²) in [5, 5.41) is 3.61. The van der Waals surface area contributed by atoms with Crippen molar-refractivity contribution in [1.82, 2.24) is 9.88 Å². The van der Waals surface area contributed by atoms with Crippen LogP contribution in [0.2, 0.25) is 0 Å². The molecule has 0 atom stereocenters. The summed E-state index contributed by atoms with van der Waals surface area (Å²) in [5.41, 5.74) is 2.42. The minimum atomic E-state index is -0.496. The summed E-state index contributed by atoms with van der Waals surface area (Å²) in [5.74, 6) is -1.84. The Labute approximate surface area is 172 Å². The smallest absolute Gasteiger partial charge is 0.306 e. The average Bonchev–Trinajstić information content (AvgIpc) is 3.15. The fourth-order valence-corrected chi connectivity index (χ4v) is 2.94. The number of nitrogens with zero attached hydrogens (tertiary/aromatic N) is 1. The zero-order chi connectivity index (χ0) is 21.5. The van der Waals surface area contributed by atoms with E-state index >= 15 is 0 Å². The fourth-order valence-electron chi connectivity index (χ4n) is 2.94. The Morgan fingerprint density at radius 3 is 2.60 bits per heavy atom. The average molecular weight is 411 g/mol. The molecule has 0 unspecified atom stereocenters.